The van der Waals surface area contributed by atoms with Gasteiger partial charge in [-0.15, -0.1) is 10.2 Å². The number of nitriles is 1. The van der Waals surface area contributed by atoms with Gasteiger partial charge >= 0.3 is 0 Å². The van der Waals surface area contributed by atoms with Gasteiger partial charge in [0.25, 0.3) is 0 Å². The molecule has 0 fully saturated rings. The molecule has 5 nitrogen and oxygen atoms in total. The smallest absolute Gasteiger partial charge is 0.151 e. The number of hydrogen-bond acceptors (Lipinski definition) is 4. The van der Waals surface area contributed by atoms with E-state index in [9.17, 15) is 0 Å². The molecule has 0 saturated carbocycles. The second-order valence-corrected chi connectivity index (χ2v) is 3.58. The van der Waals surface area contributed by atoms with Gasteiger partial charge in [-0.1, -0.05) is 12.1 Å². The Morgan fingerprint density at radius 1 is 1.18 bits per heavy atom. The first-order valence-corrected chi connectivity index (χ1v) is 5.14. The van der Waals surface area contributed by atoms with Gasteiger partial charge in [0.05, 0.1) is 17.8 Å². The van der Waals surface area contributed by atoms with Crippen molar-refractivity contribution in [2.45, 2.75) is 13.8 Å². The quantitative estimate of drug-likeness (QED) is 0.730. The third-order valence-electron chi connectivity index (χ3n) is 2.31. The molecule has 0 aliphatic heterocycles. The molecule has 17 heavy (non-hydrogen) atoms. The Hall–Kier alpha value is -2.48. The van der Waals surface area contributed by atoms with Crippen molar-refractivity contribution in [1.29, 1.82) is 5.26 Å². The molecule has 0 spiro atoms. The van der Waals surface area contributed by atoms with Crippen LogP contribution in [0.1, 0.15) is 22.8 Å². The summed E-state index contributed by atoms with van der Waals surface area (Å²) in [6.07, 6.45) is 1.71. The van der Waals surface area contributed by atoms with E-state index in [4.69, 9.17) is 5.26 Å². The van der Waals surface area contributed by atoms with E-state index in [-0.39, 0.29) is 0 Å². The SMILES string of the molecule is Cc1nnc(C)n1N=Cc1ccc(C#N)cc1. The fourth-order valence-corrected chi connectivity index (χ4v) is 1.40. The standard InChI is InChI=1S/C12H11N5/c1-9-15-16-10(2)17(9)14-8-12-5-3-11(7-13)4-6-12/h3-6,8H,1-2H3. The minimum absolute atomic E-state index is 0.638. The zero-order valence-corrected chi connectivity index (χ0v) is 9.62. The number of rotatable bonds is 2. The van der Waals surface area contributed by atoms with E-state index in [1.165, 1.54) is 0 Å². The highest BCUT2D eigenvalue weighted by molar-refractivity contribution is 5.79. The van der Waals surface area contributed by atoms with Crippen LogP contribution in [0.5, 0.6) is 0 Å². The summed E-state index contributed by atoms with van der Waals surface area (Å²) in [6, 6.07) is 9.28. The first-order chi connectivity index (χ1) is 8.20. The summed E-state index contributed by atoms with van der Waals surface area (Å²) in [5.41, 5.74) is 1.57. The normalized spacial score (nSPS) is 10.6. The van der Waals surface area contributed by atoms with Crippen LogP contribution in [-0.4, -0.2) is 21.1 Å². The van der Waals surface area contributed by atoms with Gasteiger partial charge in [-0.2, -0.15) is 10.4 Å². The van der Waals surface area contributed by atoms with Crippen LogP contribution >= 0.6 is 0 Å². The topological polar surface area (TPSA) is 66.9 Å². The number of aromatic nitrogens is 3. The van der Waals surface area contributed by atoms with Crippen LogP contribution < -0.4 is 0 Å². The average molecular weight is 225 g/mol. The minimum atomic E-state index is 0.638. The number of aryl methyl sites for hydroxylation is 2. The molecule has 84 valence electrons. The van der Waals surface area contributed by atoms with Gasteiger partial charge in [-0.25, -0.2) is 4.68 Å². The van der Waals surface area contributed by atoms with Gasteiger partial charge < -0.3 is 0 Å². The van der Waals surface area contributed by atoms with Crippen LogP contribution in [0.3, 0.4) is 0 Å². The maximum Gasteiger partial charge on any atom is 0.151 e. The van der Waals surface area contributed by atoms with Gasteiger partial charge in [0, 0.05) is 0 Å². The van der Waals surface area contributed by atoms with E-state index in [1.54, 1.807) is 23.0 Å². The molecule has 0 bridgehead atoms. The highest BCUT2D eigenvalue weighted by Gasteiger charge is 2.00. The lowest BCUT2D eigenvalue weighted by atomic mass is 10.2. The van der Waals surface area contributed by atoms with Crippen molar-refractivity contribution in [3.05, 3.63) is 47.0 Å². The zero-order valence-electron chi connectivity index (χ0n) is 9.62. The lowest BCUT2D eigenvalue weighted by Gasteiger charge is -1.97. The molecule has 2 aromatic rings. The molecule has 1 aromatic heterocycles. The van der Waals surface area contributed by atoms with E-state index in [0.29, 0.717) is 5.56 Å². The largest absolute Gasteiger partial charge is 0.202 e. The Morgan fingerprint density at radius 3 is 2.29 bits per heavy atom. The molecule has 0 radical (unpaired) electrons. The summed E-state index contributed by atoms with van der Waals surface area (Å²) >= 11 is 0. The van der Waals surface area contributed by atoms with Crippen LogP contribution in [-0.2, 0) is 0 Å². The maximum atomic E-state index is 8.68. The third-order valence-corrected chi connectivity index (χ3v) is 2.31. The zero-order chi connectivity index (χ0) is 12.3. The van der Waals surface area contributed by atoms with Gasteiger partial charge in [0.2, 0.25) is 0 Å². The molecule has 1 aromatic carbocycles. The summed E-state index contributed by atoms with van der Waals surface area (Å²) in [5.74, 6) is 1.49. The molecular formula is C12H11N5. The predicted molar refractivity (Wildman–Crippen MR) is 63.6 cm³/mol. The van der Waals surface area contributed by atoms with Gasteiger partial charge in [-0.05, 0) is 31.5 Å². The molecule has 2 rings (SSSR count). The summed E-state index contributed by atoms with van der Waals surface area (Å²) in [5, 5.41) is 20.8. The third kappa shape index (κ3) is 2.37. The number of hydrogen-bond donors (Lipinski definition) is 0. The molecule has 0 aliphatic rings. The molecule has 0 saturated heterocycles. The molecular weight excluding hydrogens is 214 g/mol. The Morgan fingerprint density at radius 2 is 1.76 bits per heavy atom. The maximum absolute atomic E-state index is 8.68. The van der Waals surface area contributed by atoms with Crippen molar-refractivity contribution in [3.63, 3.8) is 0 Å². The molecule has 0 atom stereocenters. The second kappa shape index (κ2) is 4.58. The van der Waals surface area contributed by atoms with Gasteiger partial charge in [-0.3, -0.25) is 0 Å². The average Bonchev–Trinajstić information content (AvgIpc) is 2.67. The number of nitrogens with zero attached hydrogens (tertiary/aromatic N) is 5. The van der Waals surface area contributed by atoms with Crippen molar-refractivity contribution >= 4 is 6.21 Å². The van der Waals surface area contributed by atoms with Crippen molar-refractivity contribution in [3.8, 4) is 6.07 Å². The Bertz CT molecular complexity index is 567. The Balaban J connectivity index is 2.24. The lowest BCUT2D eigenvalue weighted by molar-refractivity contribution is 0.799. The summed E-state index contributed by atoms with van der Waals surface area (Å²) in [7, 11) is 0. The van der Waals surface area contributed by atoms with Crippen LogP contribution in [0, 0.1) is 25.2 Å². The fourth-order valence-electron chi connectivity index (χ4n) is 1.40. The summed E-state index contributed by atoms with van der Waals surface area (Å²) < 4.78 is 1.66. The minimum Gasteiger partial charge on any atom is -0.202 e. The molecule has 0 amide bonds. The first kappa shape index (κ1) is 11.0. The Kier molecular flexibility index (Phi) is 2.97. The summed E-state index contributed by atoms with van der Waals surface area (Å²) in [6.45, 7) is 3.69. The molecule has 0 aliphatic carbocycles. The highest BCUT2D eigenvalue weighted by atomic mass is 15.4. The van der Waals surface area contributed by atoms with Crippen molar-refractivity contribution in [2.24, 2.45) is 5.10 Å². The van der Waals surface area contributed by atoms with E-state index in [1.807, 2.05) is 26.0 Å². The van der Waals surface area contributed by atoms with Gasteiger partial charge in [0.15, 0.2) is 11.6 Å². The van der Waals surface area contributed by atoms with Crippen LogP contribution in [0.4, 0.5) is 0 Å². The second-order valence-electron chi connectivity index (χ2n) is 3.58. The van der Waals surface area contributed by atoms with Crippen LogP contribution in [0.2, 0.25) is 0 Å². The molecule has 5 heteroatoms. The van der Waals surface area contributed by atoms with Crippen LogP contribution in [0.15, 0.2) is 29.4 Å². The highest BCUT2D eigenvalue weighted by Crippen LogP contribution is 2.02. The van der Waals surface area contributed by atoms with Crippen LogP contribution in [0.25, 0.3) is 0 Å². The van der Waals surface area contributed by atoms with E-state index < -0.39 is 0 Å². The lowest BCUT2D eigenvalue weighted by Crippen LogP contribution is -1.96. The first-order valence-electron chi connectivity index (χ1n) is 5.14. The fraction of sp³-hybridized carbons (Fsp3) is 0.167. The van der Waals surface area contributed by atoms with Gasteiger partial charge in [0.1, 0.15) is 0 Å². The van der Waals surface area contributed by atoms with E-state index in [0.717, 1.165) is 17.2 Å². The number of benzene rings is 1. The molecule has 1 heterocycles. The van der Waals surface area contributed by atoms with Crippen molar-refractivity contribution < 1.29 is 0 Å². The van der Waals surface area contributed by atoms with E-state index >= 15 is 0 Å². The van der Waals surface area contributed by atoms with E-state index in [2.05, 4.69) is 21.4 Å². The van der Waals surface area contributed by atoms with Crippen molar-refractivity contribution in [2.75, 3.05) is 0 Å². The predicted octanol–water partition coefficient (Wildman–Crippen LogP) is 1.65. The molecule has 0 N–H and O–H groups in total. The Labute approximate surface area is 99.0 Å². The summed E-state index contributed by atoms with van der Waals surface area (Å²) in [4.78, 5) is 0. The molecule has 0 unspecified atom stereocenters. The van der Waals surface area contributed by atoms with Crippen molar-refractivity contribution in [1.82, 2.24) is 14.9 Å². The monoisotopic (exact) mass is 225 g/mol.